The predicted molar refractivity (Wildman–Crippen MR) is 26.3 cm³/mol. The van der Waals surface area contributed by atoms with Crippen LogP contribution in [0.4, 0.5) is 0 Å². The molecule has 0 aromatic carbocycles. The summed E-state index contributed by atoms with van der Waals surface area (Å²) in [6, 6.07) is 0. The monoisotopic (exact) mass is 108 g/mol. The van der Waals surface area contributed by atoms with Crippen LogP contribution in [0.3, 0.4) is 0 Å². The number of carboxylic acids is 1. The highest BCUT2D eigenvalue weighted by atomic mass is 16.4. The number of amidine groups is 1. The van der Waals surface area contributed by atoms with E-state index in [1.54, 1.807) is 0 Å². The Kier molecular flexibility index (Phi) is 7.53. The molecule has 0 atom stereocenters. The summed E-state index contributed by atoms with van der Waals surface area (Å²) in [5, 5.41) is 13.4. The molecule has 0 spiro atoms. The molecule has 0 rings (SSSR count). The highest BCUT2D eigenvalue weighted by Crippen LogP contribution is 1.42. The summed E-state index contributed by atoms with van der Waals surface area (Å²) in [6.07, 6.45) is -0.583. The average Bonchev–Trinajstić information content (AvgIpc) is 1.25. The van der Waals surface area contributed by atoms with Gasteiger partial charge < -0.3 is 10.8 Å². The van der Waals surface area contributed by atoms with Gasteiger partial charge in [-0.15, -0.1) is 0 Å². The van der Waals surface area contributed by atoms with Crippen LogP contribution in [0, 0.1) is 5.41 Å². The molecule has 0 amide bonds. The van der Waals surface area contributed by atoms with Crippen molar-refractivity contribution >= 4 is 12.3 Å². The van der Waals surface area contributed by atoms with Crippen LogP contribution in [0.5, 0.6) is 0 Å². The molecule has 0 aliphatic heterocycles. The van der Waals surface area contributed by atoms with E-state index in [1.807, 2.05) is 0 Å². The van der Waals surface area contributed by atoms with E-state index in [0.717, 1.165) is 6.92 Å². The topological polar surface area (TPSA) is 87.2 Å². The molecule has 0 radical (unpaired) electrons. The molecule has 0 fully saturated rings. The second-order valence-corrected chi connectivity index (χ2v) is 0.663. The van der Waals surface area contributed by atoms with Crippen LogP contribution in [-0.4, -0.2) is 17.4 Å². The van der Waals surface area contributed by atoms with Crippen molar-refractivity contribution in [1.82, 2.24) is 0 Å². The SMILES string of the molecule is CC(=O)O.[2H][13C](=[15NH])[15NH2]. The lowest BCUT2D eigenvalue weighted by molar-refractivity contribution is -0.134. The van der Waals surface area contributed by atoms with Crippen LogP contribution in [-0.2, 0) is 4.79 Å². The number of nitrogens with two attached hydrogens (primary N) is 1. The lowest BCUT2D eigenvalue weighted by Gasteiger charge is -1.59. The fourth-order valence-corrected chi connectivity index (χ4v) is 0. The number of hydrogen-bond acceptors (Lipinski definition) is 2. The Balaban J connectivity index is 0. The Hall–Kier alpha value is -1.06. The predicted octanol–water partition coefficient (Wildman–Crippen LogP) is -0.357. The Bertz CT molecular complexity index is 73.3. The standard InChI is InChI=1S/C2H4O2.CH4N2/c1-2(3)4;2-1-3/h1H3,(H,3,4);1H,(H3,2,3)/i;1+1D,2+1,3+1. The third-order valence-electron chi connectivity index (χ3n) is 0. The smallest absolute Gasteiger partial charge is 0.300 e. The summed E-state index contributed by atoms with van der Waals surface area (Å²) in [5.41, 5.74) is 4.36. The zero-order valence-electron chi connectivity index (χ0n) is 4.93. The second-order valence-electron chi connectivity index (χ2n) is 0.663. The van der Waals surface area contributed by atoms with Crippen molar-refractivity contribution in [3.63, 3.8) is 0 Å². The number of carboxylic acid groups (broad SMARTS) is 1. The molecule has 0 aliphatic rings. The van der Waals surface area contributed by atoms with Crippen LogP contribution in [0.15, 0.2) is 0 Å². The first kappa shape index (κ1) is 5.94. The molecule has 7 heavy (non-hydrogen) atoms. The molecule has 0 aromatic heterocycles. The molecule has 4 N–H and O–H groups in total. The van der Waals surface area contributed by atoms with E-state index in [4.69, 9.17) is 16.7 Å². The van der Waals surface area contributed by atoms with Crippen molar-refractivity contribution in [2.75, 3.05) is 0 Å². The minimum atomic E-state index is -0.833. The summed E-state index contributed by atoms with van der Waals surface area (Å²) < 4.78 is 5.94. The third-order valence-corrected chi connectivity index (χ3v) is 0. The summed E-state index contributed by atoms with van der Waals surface area (Å²) >= 11 is 0. The molecular weight excluding hydrogens is 99.0 g/mol. The number of rotatable bonds is 0. The molecule has 42 valence electrons. The van der Waals surface area contributed by atoms with E-state index >= 15 is 0 Å². The molecule has 0 saturated carbocycles. The van der Waals surface area contributed by atoms with Gasteiger partial charge in [-0.25, -0.2) is 0 Å². The number of aliphatic carboxylic acids is 1. The Morgan fingerprint density at radius 2 is 2.29 bits per heavy atom. The van der Waals surface area contributed by atoms with Gasteiger partial charge in [0, 0.05) is 6.92 Å². The van der Waals surface area contributed by atoms with E-state index in [1.165, 1.54) is 0 Å². The molecule has 0 heterocycles. The molecule has 0 aliphatic carbocycles. The zero-order chi connectivity index (χ0) is 7.15. The minimum absolute atomic E-state index is 0.583. The van der Waals surface area contributed by atoms with Gasteiger partial charge >= 0.3 is 0 Å². The lowest BCUT2D eigenvalue weighted by atomic mass is 10.9. The molecule has 4 nitrogen and oxygen atoms in total. The van der Waals surface area contributed by atoms with Gasteiger partial charge in [-0.2, -0.15) is 0 Å². The number of carbonyl (C=O) groups is 1. The first-order valence-corrected chi connectivity index (χ1v) is 1.47. The minimum Gasteiger partial charge on any atom is -0.481 e. The van der Waals surface area contributed by atoms with E-state index in [-0.39, 0.29) is 0 Å². The third kappa shape index (κ3) is 38.0. The largest absolute Gasteiger partial charge is 0.481 e. The summed E-state index contributed by atoms with van der Waals surface area (Å²) in [6.45, 7) is 1.08. The lowest BCUT2D eigenvalue weighted by Crippen LogP contribution is -1.81. The van der Waals surface area contributed by atoms with Gasteiger partial charge in [-0.05, 0) is 0 Å². The molecule has 0 unspecified atom stereocenters. The van der Waals surface area contributed by atoms with Crippen LogP contribution in [0.25, 0.3) is 0 Å². The highest BCUT2D eigenvalue weighted by Gasteiger charge is 1.65. The van der Waals surface area contributed by atoms with Gasteiger partial charge in [0.1, 0.15) is 1.37 Å². The fourth-order valence-electron chi connectivity index (χ4n) is 0. The van der Waals surface area contributed by atoms with Crippen LogP contribution >= 0.6 is 0 Å². The van der Waals surface area contributed by atoms with Crippen LogP contribution < -0.4 is 5.73 Å². The van der Waals surface area contributed by atoms with Gasteiger partial charge in [0.2, 0.25) is 0 Å². The molecule has 4 heteroatoms. The van der Waals surface area contributed by atoms with Crippen molar-refractivity contribution in [2.24, 2.45) is 5.73 Å². The Morgan fingerprint density at radius 1 is 2.29 bits per heavy atom. The van der Waals surface area contributed by atoms with E-state index < -0.39 is 12.3 Å². The van der Waals surface area contributed by atoms with Crippen molar-refractivity contribution < 1.29 is 11.3 Å². The fraction of sp³-hybridized carbons (Fsp3) is 0.333. The first-order chi connectivity index (χ1) is 3.46. The van der Waals surface area contributed by atoms with Gasteiger partial charge in [0.25, 0.3) is 5.97 Å². The second kappa shape index (κ2) is 8.87. The van der Waals surface area contributed by atoms with Crippen molar-refractivity contribution in [2.45, 2.75) is 6.92 Å². The highest BCUT2D eigenvalue weighted by molar-refractivity contribution is 5.62. The van der Waals surface area contributed by atoms with Crippen LogP contribution in [0.2, 0.25) is 0 Å². The van der Waals surface area contributed by atoms with Crippen LogP contribution in [0.1, 0.15) is 8.29 Å². The quantitative estimate of drug-likeness (QED) is 0.171. The van der Waals surface area contributed by atoms with Gasteiger partial charge in [0.15, 0.2) is 0 Å². The van der Waals surface area contributed by atoms with Gasteiger partial charge in [0.05, 0.1) is 6.31 Å². The number of nitrogens with one attached hydrogen (secondary N) is 1. The molecular formula is C3H8N2O2. The normalized spacial score (nSPS) is 7.29. The number of hydrogen-bond donors (Lipinski definition) is 3. The maximum atomic E-state index is 9.00. The van der Waals surface area contributed by atoms with Crippen molar-refractivity contribution in [1.29, 1.82) is 5.41 Å². The molecule has 0 aromatic rings. The van der Waals surface area contributed by atoms with E-state index in [2.05, 4.69) is 5.73 Å². The van der Waals surface area contributed by atoms with Gasteiger partial charge in [-0.1, -0.05) is 0 Å². The Morgan fingerprint density at radius 3 is 2.29 bits per heavy atom. The Labute approximate surface area is 42.9 Å². The first-order valence-electron chi connectivity index (χ1n) is 1.97. The summed E-state index contributed by atoms with van der Waals surface area (Å²) in [4.78, 5) is 9.00. The van der Waals surface area contributed by atoms with E-state index in [9.17, 15) is 0 Å². The average molecular weight is 108 g/mol. The maximum absolute atomic E-state index is 9.00. The van der Waals surface area contributed by atoms with Crippen molar-refractivity contribution in [3.8, 4) is 0 Å². The zero-order valence-corrected chi connectivity index (χ0v) is 3.93. The molecule has 0 bridgehead atoms. The summed E-state index contributed by atoms with van der Waals surface area (Å²) in [7, 11) is 0. The maximum Gasteiger partial charge on any atom is 0.300 e. The van der Waals surface area contributed by atoms with Gasteiger partial charge in [-0.3, -0.25) is 10.2 Å². The summed E-state index contributed by atoms with van der Waals surface area (Å²) in [5.74, 6) is -0.833. The van der Waals surface area contributed by atoms with Crippen molar-refractivity contribution in [3.05, 3.63) is 0 Å². The molecule has 0 saturated heterocycles. The van der Waals surface area contributed by atoms with E-state index in [0.29, 0.717) is 0 Å².